The van der Waals surface area contributed by atoms with Gasteiger partial charge in [-0.3, -0.25) is 4.90 Å². The van der Waals surface area contributed by atoms with Crippen LogP contribution in [0.5, 0.6) is 5.75 Å². The largest absolute Gasteiger partial charge is 0.496 e. The molecule has 0 atom stereocenters. The van der Waals surface area contributed by atoms with Crippen LogP contribution in [-0.2, 0) is 13.1 Å². The highest BCUT2D eigenvalue weighted by Crippen LogP contribution is 2.25. The first-order valence-corrected chi connectivity index (χ1v) is 8.00. The van der Waals surface area contributed by atoms with E-state index in [1.165, 1.54) is 27.9 Å². The zero-order chi connectivity index (χ0) is 17.0. The summed E-state index contributed by atoms with van der Waals surface area (Å²) < 4.78 is 5.45. The van der Waals surface area contributed by atoms with E-state index in [-0.39, 0.29) is 0 Å². The Labute approximate surface area is 140 Å². The van der Waals surface area contributed by atoms with Crippen molar-refractivity contribution in [3.05, 3.63) is 58.7 Å². The highest BCUT2D eigenvalue weighted by Gasteiger charge is 2.10. The fourth-order valence-corrected chi connectivity index (χ4v) is 3.19. The summed E-state index contributed by atoms with van der Waals surface area (Å²) in [6.07, 6.45) is 0. The lowest BCUT2D eigenvalue weighted by Gasteiger charge is -2.22. The Bertz CT molecular complexity index is 641. The molecule has 2 aromatic carbocycles. The second-order valence-electron chi connectivity index (χ2n) is 6.46. The standard InChI is InChI=1S/C20H28N2O/c1-15-11-17(12-16(2)20(15)23-6)13-22(5)14-18-9-7-8-10-19(18)21(3)4/h7-12H,13-14H2,1-6H3. The number of hydrogen-bond acceptors (Lipinski definition) is 3. The summed E-state index contributed by atoms with van der Waals surface area (Å²) in [4.78, 5) is 4.52. The number of benzene rings is 2. The zero-order valence-electron chi connectivity index (χ0n) is 15.2. The van der Waals surface area contributed by atoms with Crippen LogP contribution in [0.15, 0.2) is 36.4 Å². The van der Waals surface area contributed by atoms with Crippen LogP contribution in [0, 0.1) is 13.8 Å². The molecule has 0 aromatic heterocycles. The van der Waals surface area contributed by atoms with E-state index in [0.29, 0.717) is 0 Å². The highest BCUT2D eigenvalue weighted by molar-refractivity contribution is 5.52. The van der Waals surface area contributed by atoms with Crippen molar-refractivity contribution in [1.29, 1.82) is 0 Å². The summed E-state index contributed by atoms with van der Waals surface area (Å²) in [7, 11) is 8.09. The van der Waals surface area contributed by atoms with Crippen LogP contribution in [-0.4, -0.2) is 33.2 Å². The molecule has 3 nitrogen and oxygen atoms in total. The second kappa shape index (κ2) is 7.51. The predicted octanol–water partition coefficient (Wildman–Crippen LogP) is 4.01. The number of para-hydroxylation sites is 1. The van der Waals surface area contributed by atoms with Gasteiger partial charge in [0.05, 0.1) is 7.11 Å². The lowest BCUT2D eigenvalue weighted by Crippen LogP contribution is -2.20. The van der Waals surface area contributed by atoms with Crippen LogP contribution >= 0.6 is 0 Å². The summed E-state index contributed by atoms with van der Waals surface area (Å²) in [5.41, 5.74) is 6.35. The topological polar surface area (TPSA) is 15.7 Å². The lowest BCUT2D eigenvalue weighted by molar-refractivity contribution is 0.319. The molecule has 2 aromatic rings. The Morgan fingerprint density at radius 3 is 2.09 bits per heavy atom. The first-order chi connectivity index (χ1) is 10.9. The van der Waals surface area contributed by atoms with Crippen LogP contribution in [0.2, 0.25) is 0 Å². The number of methoxy groups -OCH3 is 1. The summed E-state index contributed by atoms with van der Waals surface area (Å²) in [5, 5.41) is 0. The van der Waals surface area contributed by atoms with Crippen molar-refractivity contribution >= 4 is 5.69 Å². The van der Waals surface area contributed by atoms with Gasteiger partial charge in [0, 0.05) is 32.9 Å². The van der Waals surface area contributed by atoms with E-state index in [2.05, 4.69) is 81.2 Å². The van der Waals surface area contributed by atoms with Gasteiger partial charge >= 0.3 is 0 Å². The third-order valence-corrected chi connectivity index (χ3v) is 4.09. The molecule has 0 aliphatic rings. The van der Waals surface area contributed by atoms with Gasteiger partial charge in [0.1, 0.15) is 5.75 Å². The van der Waals surface area contributed by atoms with Gasteiger partial charge in [-0.2, -0.15) is 0 Å². The molecule has 0 amide bonds. The Morgan fingerprint density at radius 1 is 0.913 bits per heavy atom. The molecule has 0 saturated carbocycles. The lowest BCUT2D eigenvalue weighted by atomic mass is 10.0. The zero-order valence-corrected chi connectivity index (χ0v) is 15.2. The predicted molar refractivity (Wildman–Crippen MR) is 98.4 cm³/mol. The van der Waals surface area contributed by atoms with Gasteiger partial charge in [-0.05, 0) is 49.2 Å². The van der Waals surface area contributed by atoms with Crippen LogP contribution in [0.4, 0.5) is 5.69 Å². The van der Waals surface area contributed by atoms with Gasteiger partial charge in [0.2, 0.25) is 0 Å². The summed E-state index contributed by atoms with van der Waals surface area (Å²) in [6, 6.07) is 13.0. The smallest absolute Gasteiger partial charge is 0.124 e. The average Bonchev–Trinajstić information content (AvgIpc) is 2.47. The van der Waals surface area contributed by atoms with Gasteiger partial charge < -0.3 is 9.64 Å². The number of ether oxygens (including phenoxy) is 1. The molecule has 0 N–H and O–H groups in total. The second-order valence-corrected chi connectivity index (χ2v) is 6.46. The minimum atomic E-state index is 0.924. The fraction of sp³-hybridized carbons (Fsp3) is 0.400. The van der Waals surface area contributed by atoms with Crippen molar-refractivity contribution in [1.82, 2.24) is 4.90 Å². The molecule has 0 aliphatic carbocycles. The van der Waals surface area contributed by atoms with Gasteiger partial charge in [-0.25, -0.2) is 0 Å². The molecule has 0 radical (unpaired) electrons. The Hall–Kier alpha value is -2.00. The van der Waals surface area contributed by atoms with Crippen LogP contribution in [0.25, 0.3) is 0 Å². The van der Waals surface area contributed by atoms with Gasteiger partial charge in [-0.1, -0.05) is 30.3 Å². The van der Waals surface area contributed by atoms with E-state index in [0.717, 1.165) is 18.8 Å². The van der Waals surface area contributed by atoms with E-state index in [9.17, 15) is 0 Å². The summed E-state index contributed by atoms with van der Waals surface area (Å²) in [6.45, 7) is 6.07. The number of nitrogens with zero attached hydrogens (tertiary/aromatic N) is 2. The molecule has 0 bridgehead atoms. The summed E-state index contributed by atoms with van der Waals surface area (Å²) in [5.74, 6) is 0.995. The maximum atomic E-state index is 5.45. The van der Waals surface area contributed by atoms with Crippen LogP contribution in [0.3, 0.4) is 0 Å². The molecule has 0 spiro atoms. The van der Waals surface area contributed by atoms with Crippen molar-refractivity contribution < 1.29 is 4.74 Å². The molecule has 0 unspecified atom stereocenters. The number of hydrogen-bond donors (Lipinski definition) is 0. The van der Waals surface area contributed by atoms with E-state index >= 15 is 0 Å². The Kier molecular flexibility index (Phi) is 5.67. The van der Waals surface area contributed by atoms with Gasteiger partial charge in [0.15, 0.2) is 0 Å². The molecule has 0 heterocycles. The molecule has 0 aliphatic heterocycles. The fourth-order valence-electron chi connectivity index (χ4n) is 3.19. The minimum absolute atomic E-state index is 0.924. The molecule has 23 heavy (non-hydrogen) atoms. The van der Waals surface area contributed by atoms with Crippen molar-refractivity contribution in [3.8, 4) is 5.75 Å². The minimum Gasteiger partial charge on any atom is -0.496 e. The summed E-state index contributed by atoms with van der Waals surface area (Å²) >= 11 is 0. The average molecular weight is 312 g/mol. The highest BCUT2D eigenvalue weighted by atomic mass is 16.5. The van der Waals surface area contributed by atoms with E-state index in [1.54, 1.807) is 7.11 Å². The van der Waals surface area contributed by atoms with E-state index < -0.39 is 0 Å². The molecule has 3 heteroatoms. The van der Waals surface area contributed by atoms with Gasteiger partial charge in [0.25, 0.3) is 0 Å². The molecule has 0 saturated heterocycles. The SMILES string of the molecule is COc1c(C)cc(CN(C)Cc2ccccc2N(C)C)cc1C. The first kappa shape index (κ1) is 17.4. The van der Waals surface area contributed by atoms with E-state index in [1.807, 2.05) is 0 Å². The van der Waals surface area contributed by atoms with Crippen molar-refractivity contribution in [2.24, 2.45) is 0 Å². The normalized spacial score (nSPS) is 10.9. The van der Waals surface area contributed by atoms with Crippen molar-refractivity contribution in [2.75, 3.05) is 33.2 Å². The third-order valence-electron chi connectivity index (χ3n) is 4.09. The third kappa shape index (κ3) is 4.26. The Balaban J connectivity index is 2.13. The van der Waals surface area contributed by atoms with Crippen LogP contribution < -0.4 is 9.64 Å². The van der Waals surface area contributed by atoms with Crippen LogP contribution in [0.1, 0.15) is 22.3 Å². The van der Waals surface area contributed by atoms with Gasteiger partial charge in [-0.15, -0.1) is 0 Å². The molecular weight excluding hydrogens is 284 g/mol. The number of aryl methyl sites for hydroxylation is 2. The molecule has 124 valence electrons. The molecule has 2 rings (SSSR count). The molecular formula is C20H28N2O. The first-order valence-electron chi connectivity index (χ1n) is 8.00. The maximum Gasteiger partial charge on any atom is 0.124 e. The van der Waals surface area contributed by atoms with Crippen molar-refractivity contribution in [2.45, 2.75) is 26.9 Å². The van der Waals surface area contributed by atoms with E-state index in [4.69, 9.17) is 4.74 Å². The monoisotopic (exact) mass is 312 g/mol. The molecule has 0 fully saturated rings. The maximum absolute atomic E-state index is 5.45. The number of anilines is 1. The number of rotatable bonds is 6. The van der Waals surface area contributed by atoms with Crippen molar-refractivity contribution in [3.63, 3.8) is 0 Å². The quantitative estimate of drug-likeness (QED) is 0.801. The Morgan fingerprint density at radius 2 is 1.52 bits per heavy atom.